The zero-order valence-corrected chi connectivity index (χ0v) is 19.6. The molecule has 0 saturated carbocycles. The van der Waals surface area contributed by atoms with Crippen molar-refractivity contribution in [3.63, 3.8) is 0 Å². The molecule has 5 rings (SSSR count). The molecule has 0 fully saturated rings. The summed E-state index contributed by atoms with van der Waals surface area (Å²) in [6.07, 6.45) is 0. The number of methoxy groups -OCH3 is 1. The van der Waals surface area contributed by atoms with Crippen molar-refractivity contribution in [1.82, 2.24) is 20.2 Å². The number of halogens is 1. The predicted molar refractivity (Wildman–Crippen MR) is 131 cm³/mol. The van der Waals surface area contributed by atoms with Crippen LogP contribution in [0.15, 0.2) is 75.6 Å². The summed E-state index contributed by atoms with van der Waals surface area (Å²) in [6.45, 7) is 2.55. The molecule has 0 radical (unpaired) electrons. The van der Waals surface area contributed by atoms with E-state index < -0.39 is 0 Å². The summed E-state index contributed by atoms with van der Waals surface area (Å²) in [5.41, 5.74) is 3.78. The number of fused-ring (bicyclic) bond motifs is 1. The number of anilines is 1. The van der Waals surface area contributed by atoms with Crippen LogP contribution in [0.2, 0.25) is 0 Å². The molecule has 2 heterocycles. The van der Waals surface area contributed by atoms with Crippen molar-refractivity contribution >= 4 is 32.7 Å². The molecule has 33 heavy (non-hydrogen) atoms. The number of nitrogens with zero attached hydrogens (tertiary/aromatic N) is 4. The van der Waals surface area contributed by atoms with Crippen molar-refractivity contribution in [3.05, 3.63) is 82.3 Å². The first-order valence-corrected chi connectivity index (χ1v) is 11.1. The normalized spacial score (nSPS) is 11.0. The second-order valence-corrected chi connectivity index (χ2v) is 8.42. The van der Waals surface area contributed by atoms with Gasteiger partial charge in [-0.2, -0.15) is 0 Å². The number of aryl methyl sites for hydroxylation is 1. The number of para-hydroxylation sites is 1. The molecule has 7 nitrogen and oxygen atoms in total. The summed E-state index contributed by atoms with van der Waals surface area (Å²) in [5, 5.41) is 12.7. The summed E-state index contributed by atoms with van der Waals surface area (Å²) < 4.78 is 12.4. The third-order valence-electron chi connectivity index (χ3n) is 5.21. The minimum atomic E-state index is 0.263. The molecular weight excluding hydrogens is 482 g/mol. The smallest absolute Gasteiger partial charge is 0.286 e. The van der Waals surface area contributed by atoms with Gasteiger partial charge in [-0.25, -0.2) is 9.97 Å². The van der Waals surface area contributed by atoms with E-state index in [4.69, 9.17) is 14.1 Å². The monoisotopic (exact) mass is 501 g/mol. The lowest BCUT2D eigenvalue weighted by atomic mass is 10.1. The molecule has 0 aliphatic rings. The third-order valence-corrected chi connectivity index (χ3v) is 5.70. The summed E-state index contributed by atoms with van der Waals surface area (Å²) in [4.78, 5) is 9.36. The minimum absolute atomic E-state index is 0.263. The van der Waals surface area contributed by atoms with Gasteiger partial charge in [0.2, 0.25) is 11.7 Å². The van der Waals surface area contributed by atoms with E-state index in [-0.39, 0.29) is 5.89 Å². The molecule has 0 atom stereocenters. The maximum atomic E-state index is 5.91. The van der Waals surface area contributed by atoms with Crippen LogP contribution in [0.3, 0.4) is 0 Å². The van der Waals surface area contributed by atoms with Gasteiger partial charge < -0.3 is 14.5 Å². The molecule has 0 spiro atoms. The van der Waals surface area contributed by atoms with Gasteiger partial charge in [-0.05, 0) is 49.4 Å². The van der Waals surface area contributed by atoms with Crippen molar-refractivity contribution < 1.29 is 9.15 Å². The van der Waals surface area contributed by atoms with Gasteiger partial charge in [0.1, 0.15) is 11.6 Å². The van der Waals surface area contributed by atoms with Crippen molar-refractivity contribution in [3.8, 4) is 28.9 Å². The van der Waals surface area contributed by atoms with Crippen molar-refractivity contribution in [2.24, 2.45) is 0 Å². The molecule has 3 aromatic carbocycles. The van der Waals surface area contributed by atoms with Crippen LogP contribution < -0.4 is 10.1 Å². The molecule has 0 bridgehead atoms. The second-order valence-electron chi connectivity index (χ2n) is 7.50. The third kappa shape index (κ3) is 4.42. The molecule has 0 saturated heterocycles. The number of hydrogen-bond acceptors (Lipinski definition) is 7. The van der Waals surface area contributed by atoms with Gasteiger partial charge in [0.05, 0.1) is 12.6 Å². The van der Waals surface area contributed by atoms with Gasteiger partial charge in [0, 0.05) is 27.5 Å². The minimum Gasteiger partial charge on any atom is -0.496 e. The highest BCUT2D eigenvalue weighted by Gasteiger charge is 2.16. The number of hydrogen-bond donors (Lipinski definition) is 1. The predicted octanol–water partition coefficient (Wildman–Crippen LogP) is 6.04. The fourth-order valence-corrected chi connectivity index (χ4v) is 3.91. The van der Waals surface area contributed by atoms with E-state index in [1.165, 1.54) is 0 Å². The molecule has 164 valence electrons. The first kappa shape index (κ1) is 21.1. The molecule has 1 N–H and O–H groups in total. The van der Waals surface area contributed by atoms with E-state index >= 15 is 0 Å². The standard InChI is InChI=1S/C25H20BrN5O2/c1-15-7-9-16(10-8-15)24-30-31-25(33-24)23-28-20-6-4-3-5-19(20)22(29-23)27-14-17-13-18(26)11-12-21(17)32-2/h3-13H,14H2,1-2H3,(H,27,28,29). The Morgan fingerprint density at radius 1 is 0.939 bits per heavy atom. The van der Waals surface area contributed by atoms with E-state index in [2.05, 4.69) is 36.4 Å². The molecule has 0 aliphatic carbocycles. The Bertz CT molecular complexity index is 1430. The molecule has 0 amide bonds. The number of benzene rings is 3. The molecule has 2 aromatic heterocycles. The summed E-state index contributed by atoms with van der Waals surface area (Å²) in [6, 6.07) is 21.6. The van der Waals surface area contributed by atoms with Crippen molar-refractivity contribution in [1.29, 1.82) is 0 Å². The van der Waals surface area contributed by atoms with Gasteiger partial charge in [-0.1, -0.05) is 45.8 Å². The zero-order chi connectivity index (χ0) is 22.8. The van der Waals surface area contributed by atoms with Crippen LogP contribution in [-0.4, -0.2) is 27.3 Å². The van der Waals surface area contributed by atoms with E-state index in [1.807, 2.05) is 73.7 Å². The number of nitrogens with one attached hydrogen (secondary N) is 1. The summed E-state index contributed by atoms with van der Waals surface area (Å²) in [7, 11) is 1.66. The number of rotatable bonds is 6. The highest BCUT2D eigenvalue weighted by molar-refractivity contribution is 9.10. The molecule has 5 aromatic rings. The Kier molecular flexibility index (Phi) is 5.75. The fourth-order valence-electron chi connectivity index (χ4n) is 3.50. The van der Waals surface area contributed by atoms with E-state index in [0.29, 0.717) is 24.1 Å². The fraction of sp³-hybridized carbons (Fsp3) is 0.120. The topological polar surface area (TPSA) is 86.0 Å². The first-order chi connectivity index (χ1) is 16.1. The molecular formula is C25H20BrN5O2. The van der Waals surface area contributed by atoms with Crippen LogP contribution in [0.5, 0.6) is 5.75 Å². The van der Waals surface area contributed by atoms with Crippen LogP contribution in [0.4, 0.5) is 5.82 Å². The second kappa shape index (κ2) is 8.99. The number of ether oxygens (including phenoxy) is 1. The van der Waals surface area contributed by atoms with Gasteiger partial charge in [0.15, 0.2) is 0 Å². The summed E-state index contributed by atoms with van der Waals surface area (Å²) in [5.74, 6) is 2.52. The maximum absolute atomic E-state index is 5.91. The van der Waals surface area contributed by atoms with Gasteiger partial charge in [-0.3, -0.25) is 0 Å². The molecule has 0 aliphatic heterocycles. The lowest BCUT2D eigenvalue weighted by Crippen LogP contribution is -2.05. The first-order valence-electron chi connectivity index (χ1n) is 10.3. The Balaban J connectivity index is 1.50. The van der Waals surface area contributed by atoms with Crippen molar-refractivity contribution in [2.75, 3.05) is 12.4 Å². The molecule has 0 unspecified atom stereocenters. The lowest BCUT2D eigenvalue weighted by molar-refractivity contribution is 0.410. The Morgan fingerprint density at radius 2 is 1.73 bits per heavy atom. The Morgan fingerprint density at radius 3 is 2.55 bits per heavy atom. The van der Waals surface area contributed by atoms with Crippen LogP contribution in [-0.2, 0) is 6.54 Å². The lowest BCUT2D eigenvalue weighted by Gasteiger charge is -2.12. The van der Waals surface area contributed by atoms with E-state index in [1.54, 1.807) is 7.11 Å². The van der Waals surface area contributed by atoms with Gasteiger partial charge in [-0.15, -0.1) is 10.2 Å². The van der Waals surface area contributed by atoms with Crippen LogP contribution in [0.25, 0.3) is 34.1 Å². The van der Waals surface area contributed by atoms with E-state index in [0.717, 1.165) is 37.8 Å². The maximum Gasteiger partial charge on any atom is 0.286 e. The van der Waals surface area contributed by atoms with Crippen LogP contribution in [0.1, 0.15) is 11.1 Å². The van der Waals surface area contributed by atoms with Crippen LogP contribution in [0, 0.1) is 6.92 Å². The SMILES string of the molecule is COc1ccc(Br)cc1CNc1nc(-c2nnc(-c3ccc(C)cc3)o2)nc2ccccc12. The quantitative estimate of drug-likeness (QED) is 0.303. The van der Waals surface area contributed by atoms with Gasteiger partial charge >= 0.3 is 0 Å². The summed E-state index contributed by atoms with van der Waals surface area (Å²) >= 11 is 3.52. The largest absolute Gasteiger partial charge is 0.496 e. The molecule has 8 heteroatoms. The number of aromatic nitrogens is 4. The van der Waals surface area contributed by atoms with E-state index in [9.17, 15) is 0 Å². The van der Waals surface area contributed by atoms with Crippen LogP contribution >= 0.6 is 15.9 Å². The van der Waals surface area contributed by atoms with Crippen molar-refractivity contribution in [2.45, 2.75) is 13.5 Å². The average Bonchev–Trinajstić information content (AvgIpc) is 3.33. The Hall–Kier alpha value is -3.78. The highest BCUT2D eigenvalue weighted by Crippen LogP contribution is 2.28. The zero-order valence-electron chi connectivity index (χ0n) is 18.0. The highest BCUT2D eigenvalue weighted by atomic mass is 79.9. The Labute approximate surface area is 199 Å². The van der Waals surface area contributed by atoms with Gasteiger partial charge in [0.25, 0.3) is 5.89 Å². The average molecular weight is 502 g/mol.